The predicted octanol–water partition coefficient (Wildman–Crippen LogP) is 2.63. The van der Waals surface area contributed by atoms with Gasteiger partial charge in [0.1, 0.15) is 0 Å². The van der Waals surface area contributed by atoms with E-state index < -0.39 is 0 Å². The number of halogens is 2. The van der Waals surface area contributed by atoms with Crippen LogP contribution in [0.5, 0.6) is 0 Å². The summed E-state index contributed by atoms with van der Waals surface area (Å²) >= 11 is 1.80. The molecular formula is C30H40Cl2SiZr-2. The summed E-state index contributed by atoms with van der Waals surface area (Å²) in [6.07, 6.45) is 1.03. The molecule has 4 heteroatoms. The Hall–Kier alpha value is -0.530. The normalized spacial score (nSPS) is 11.4. The zero-order chi connectivity index (χ0) is 23.9. The smallest absolute Gasteiger partial charge is 0.172 e. The van der Waals surface area contributed by atoms with E-state index in [-0.39, 0.29) is 41.1 Å². The number of rotatable bonds is 2. The topological polar surface area (TPSA) is 0 Å². The van der Waals surface area contributed by atoms with Gasteiger partial charge in [-0.05, 0) is 28.4 Å². The van der Waals surface area contributed by atoms with E-state index in [1.807, 2.05) is 30.3 Å². The Labute approximate surface area is 236 Å². The van der Waals surface area contributed by atoms with Gasteiger partial charge in [0.2, 0.25) is 0 Å². The van der Waals surface area contributed by atoms with Crippen molar-refractivity contribution in [1.82, 2.24) is 0 Å². The third-order valence-corrected chi connectivity index (χ3v) is 12.8. The summed E-state index contributed by atoms with van der Waals surface area (Å²) in [5.41, 5.74) is 8.93. The molecule has 1 aliphatic carbocycles. The minimum atomic E-state index is 0. The molecule has 0 aliphatic heterocycles. The van der Waals surface area contributed by atoms with Gasteiger partial charge in [-0.3, -0.25) is 0 Å². The number of fused-ring (bicyclic) bond motifs is 3. The maximum atomic E-state index is 3.67. The first kappa shape index (κ1) is 33.5. The van der Waals surface area contributed by atoms with Gasteiger partial charge in [0, 0.05) is 0 Å². The van der Waals surface area contributed by atoms with E-state index in [4.69, 9.17) is 0 Å². The Kier molecular flexibility index (Phi) is 14.7. The van der Waals surface area contributed by atoms with Crippen molar-refractivity contribution >= 4 is 5.43 Å². The van der Waals surface area contributed by atoms with Gasteiger partial charge in [0.05, 0.1) is 0 Å². The third-order valence-electron chi connectivity index (χ3n) is 5.87. The van der Waals surface area contributed by atoms with Crippen LogP contribution in [-0.4, -0.2) is 5.43 Å². The molecule has 0 atom stereocenters. The van der Waals surface area contributed by atoms with E-state index in [0.29, 0.717) is 0 Å². The van der Waals surface area contributed by atoms with Gasteiger partial charge in [0.15, 0.2) is 0 Å². The molecule has 1 aliphatic rings. The second-order valence-electron chi connectivity index (χ2n) is 10.6. The second kappa shape index (κ2) is 14.9. The number of hydrogen-bond acceptors (Lipinski definition) is 0. The van der Waals surface area contributed by atoms with Crippen LogP contribution in [0, 0.1) is 6.07 Å². The monoisotopic (exact) mass is 588 g/mol. The standard InChI is InChI=1S/C21H25.C5H5.C4H10Si.2ClH.Zr/c1-20(2,3)16-7-9-18-14(12-16)11-15-13-17(21(4,5)6)8-10-19(15)18;1-2-4-5-3-1;1-3-5-4-2;;;/h7-10,12H,11H2,1-6H3;1-5H;3-4H2,1-2H3;2*1H;/q2*-1;;;;+2/p-2. The molecule has 34 heavy (non-hydrogen) atoms. The molecule has 0 amide bonds. The first-order chi connectivity index (χ1) is 15.0. The van der Waals surface area contributed by atoms with Crippen LogP contribution in [-0.2, 0) is 40.6 Å². The molecule has 0 saturated carbocycles. The van der Waals surface area contributed by atoms with Crippen molar-refractivity contribution < 1.29 is 48.1 Å². The van der Waals surface area contributed by atoms with Crippen LogP contribution < -0.4 is 24.8 Å². The molecule has 0 radical (unpaired) electrons. The van der Waals surface area contributed by atoms with E-state index in [9.17, 15) is 0 Å². The summed E-state index contributed by atoms with van der Waals surface area (Å²) in [5, 5.41) is 0. The van der Waals surface area contributed by atoms with E-state index in [1.165, 1.54) is 45.5 Å². The van der Waals surface area contributed by atoms with E-state index in [0.717, 1.165) is 6.42 Å². The van der Waals surface area contributed by atoms with Crippen molar-refractivity contribution in [3.63, 3.8) is 0 Å². The van der Waals surface area contributed by atoms with Crippen LogP contribution >= 0.6 is 0 Å². The molecule has 0 nitrogen and oxygen atoms in total. The molecule has 0 heterocycles. The van der Waals surface area contributed by atoms with Crippen molar-refractivity contribution in [2.75, 3.05) is 0 Å². The van der Waals surface area contributed by atoms with Gasteiger partial charge in [-0.1, -0.05) is 65.3 Å². The molecule has 184 valence electrons. The fourth-order valence-electron chi connectivity index (χ4n) is 3.60. The molecular weight excluding hydrogens is 551 g/mol. The maximum Gasteiger partial charge on any atom is -0.172 e. The van der Waals surface area contributed by atoms with Crippen LogP contribution in [0.1, 0.15) is 77.6 Å². The molecule has 0 bridgehead atoms. The third kappa shape index (κ3) is 9.85. The average molecular weight is 591 g/mol. The van der Waals surface area contributed by atoms with Crippen molar-refractivity contribution in [1.29, 1.82) is 0 Å². The molecule has 3 aromatic rings. The predicted molar refractivity (Wildman–Crippen MR) is 140 cm³/mol. The van der Waals surface area contributed by atoms with Crippen molar-refractivity contribution in [3.05, 3.63) is 89.0 Å². The van der Waals surface area contributed by atoms with Crippen LogP contribution in [0.25, 0.3) is 11.1 Å². The number of benzene rings is 2. The molecule has 0 saturated heterocycles. The Morgan fingerprint density at radius 2 is 1.41 bits per heavy atom. The Balaban J connectivity index is 0.000000700. The second-order valence-corrected chi connectivity index (χ2v) is 18.4. The van der Waals surface area contributed by atoms with E-state index in [2.05, 4.69) is 91.8 Å². The van der Waals surface area contributed by atoms with Crippen LogP contribution in [0.4, 0.5) is 0 Å². The minimum absolute atomic E-state index is 0. The maximum absolute atomic E-state index is 3.67. The fraction of sp³-hybridized carbons (Fsp3) is 0.433. The van der Waals surface area contributed by atoms with Gasteiger partial charge in [-0.2, -0.15) is 42.0 Å². The molecule has 3 aromatic carbocycles. The van der Waals surface area contributed by atoms with Crippen LogP contribution in [0.2, 0.25) is 12.1 Å². The van der Waals surface area contributed by atoms with Gasteiger partial charge in [0.25, 0.3) is 0 Å². The summed E-state index contributed by atoms with van der Waals surface area (Å²) in [4.78, 5) is 0. The van der Waals surface area contributed by atoms with E-state index in [1.54, 1.807) is 23.3 Å². The van der Waals surface area contributed by atoms with E-state index >= 15 is 0 Å². The largest absolute Gasteiger partial charge is 1.00 e. The van der Waals surface area contributed by atoms with Gasteiger partial charge < -0.3 is 24.8 Å². The minimum Gasteiger partial charge on any atom is -1.00 e. The van der Waals surface area contributed by atoms with Gasteiger partial charge >= 0.3 is 54.7 Å². The zero-order valence-electron chi connectivity index (χ0n) is 22.2. The summed E-state index contributed by atoms with van der Waals surface area (Å²) in [6, 6.07) is 28.1. The molecule has 0 N–H and O–H groups in total. The quantitative estimate of drug-likeness (QED) is 0.249. The molecule has 0 spiro atoms. The number of hydrogen-bond donors (Lipinski definition) is 0. The summed E-state index contributed by atoms with van der Waals surface area (Å²) in [5.74, 6) is 0. The van der Waals surface area contributed by atoms with Crippen molar-refractivity contribution in [2.45, 2.75) is 84.7 Å². The molecule has 0 aromatic heterocycles. The fourth-order valence-corrected chi connectivity index (χ4v) is 4.10. The first-order valence-electron chi connectivity index (χ1n) is 11.9. The Morgan fingerprint density at radius 3 is 1.82 bits per heavy atom. The summed E-state index contributed by atoms with van der Waals surface area (Å²) in [7, 11) is 0. The Bertz CT molecular complexity index is 925. The Morgan fingerprint density at radius 1 is 0.853 bits per heavy atom. The van der Waals surface area contributed by atoms with Crippen LogP contribution in [0.3, 0.4) is 0 Å². The van der Waals surface area contributed by atoms with Gasteiger partial charge in [-0.15, -0.1) is 11.1 Å². The summed E-state index contributed by atoms with van der Waals surface area (Å²) < 4.78 is 0. The van der Waals surface area contributed by atoms with Gasteiger partial charge in [-0.25, -0.2) is 12.1 Å². The first-order valence-corrected chi connectivity index (χ1v) is 17.5. The molecule has 4 rings (SSSR count). The molecule has 0 unspecified atom stereocenters. The molecule has 0 fully saturated rings. The SMILES string of the molecule is CC(C)(C)c1[c-]c2c(cc1)-c1ccc(C(C)(C)C)cc1C2.CC[Si](=[Zr+2])CC.[Cl-].[Cl-].c1cc[cH-]c1. The van der Waals surface area contributed by atoms with Crippen molar-refractivity contribution in [3.8, 4) is 11.1 Å². The van der Waals surface area contributed by atoms with Crippen molar-refractivity contribution in [2.24, 2.45) is 0 Å². The zero-order valence-corrected chi connectivity index (χ0v) is 27.1. The average Bonchev–Trinajstić information content (AvgIpc) is 3.42. The summed E-state index contributed by atoms with van der Waals surface area (Å²) in [6.45, 7) is 18.2. The van der Waals surface area contributed by atoms with Crippen LogP contribution in [0.15, 0.2) is 60.7 Å².